The zero-order chi connectivity index (χ0) is 22.3. The Hall–Kier alpha value is -2.45. The second-order valence-electron chi connectivity index (χ2n) is 7.71. The van der Waals surface area contributed by atoms with Crippen LogP contribution in [0.3, 0.4) is 0 Å². The molecule has 0 unspecified atom stereocenters. The number of amides is 2. The first-order chi connectivity index (χ1) is 14.1. The molecule has 1 aliphatic heterocycles. The molecule has 1 N–H and O–H groups in total. The highest BCUT2D eigenvalue weighted by atomic mass is 19.4. The SMILES string of the molecule is COc1cc(CCC(=O)N2CCC(C(=O)NC(C)C)CC2)ccc1OCC(F)(F)F. The summed E-state index contributed by atoms with van der Waals surface area (Å²) in [5, 5.41) is 2.91. The number of likely N-dealkylation sites (tertiary alicyclic amines) is 1. The van der Waals surface area contributed by atoms with Crippen LogP contribution in [0.25, 0.3) is 0 Å². The van der Waals surface area contributed by atoms with E-state index in [0.29, 0.717) is 32.4 Å². The van der Waals surface area contributed by atoms with Crippen molar-refractivity contribution < 1.29 is 32.2 Å². The molecule has 2 amide bonds. The summed E-state index contributed by atoms with van der Waals surface area (Å²) >= 11 is 0. The second kappa shape index (κ2) is 10.5. The van der Waals surface area contributed by atoms with Gasteiger partial charge in [-0.15, -0.1) is 0 Å². The number of benzene rings is 1. The number of carbonyl (C=O) groups is 2. The van der Waals surface area contributed by atoms with Crippen LogP contribution in [0.1, 0.15) is 38.7 Å². The number of hydrogen-bond acceptors (Lipinski definition) is 4. The first kappa shape index (κ1) is 23.8. The number of carbonyl (C=O) groups excluding carboxylic acids is 2. The van der Waals surface area contributed by atoms with Gasteiger partial charge in [-0.2, -0.15) is 13.2 Å². The molecule has 1 saturated heterocycles. The minimum absolute atomic E-state index is 0.00548. The van der Waals surface area contributed by atoms with Crippen LogP contribution in [0.2, 0.25) is 0 Å². The quantitative estimate of drug-likeness (QED) is 0.687. The monoisotopic (exact) mass is 430 g/mol. The van der Waals surface area contributed by atoms with Gasteiger partial charge in [0.15, 0.2) is 18.1 Å². The molecular weight excluding hydrogens is 401 g/mol. The molecule has 1 aromatic rings. The summed E-state index contributed by atoms with van der Waals surface area (Å²) in [5.41, 5.74) is 0.769. The fourth-order valence-corrected chi connectivity index (χ4v) is 3.35. The Morgan fingerprint density at radius 3 is 2.43 bits per heavy atom. The lowest BCUT2D eigenvalue weighted by molar-refractivity contribution is -0.153. The van der Waals surface area contributed by atoms with Crippen molar-refractivity contribution in [1.82, 2.24) is 10.2 Å². The van der Waals surface area contributed by atoms with Gasteiger partial charge in [-0.25, -0.2) is 0 Å². The molecule has 9 heteroatoms. The molecule has 0 aliphatic carbocycles. The van der Waals surface area contributed by atoms with Crippen molar-refractivity contribution in [2.75, 3.05) is 26.8 Å². The minimum Gasteiger partial charge on any atom is -0.493 e. The van der Waals surface area contributed by atoms with Gasteiger partial charge >= 0.3 is 6.18 Å². The van der Waals surface area contributed by atoms with Gasteiger partial charge in [0.05, 0.1) is 7.11 Å². The van der Waals surface area contributed by atoms with E-state index in [4.69, 9.17) is 9.47 Å². The third-order valence-corrected chi connectivity index (χ3v) is 4.90. The van der Waals surface area contributed by atoms with Crippen LogP contribution >= 0.6 is 0 Å². The van der Waals surface area contributed by atoms with Crippen LogP contribution in [-0.4, -0.2) is 55.7 Å². The lowest BCUT2D eigenvalue weighted by Gasteiger charge is -2.31. The first-order valence-electron chi connectivity index (χ1n) is 10.0. The smallest absolute Gasteiger partial charge is 0.422 e. The van der Waals surface area contributed by atoms with Gasteiger partial charge in [-0.05, 0) is 50.8 Å². The van der Waals surface area contributed by atoms with Crippen molar-refractivity contribution >= 4 is 11.8 Å². The number of methoxy groups -OCH3 is 1. The van der Waals surface area contributed by atoms with Crippen molar-refractivity contribution in [2.24, 2.45) is 5.92 Å². The van der Waals surface area contributed by atoms with E-state index in [9.17, 15) is 22.8 Å². The van der Waals surface area contributed by atoms with E-state index in [2.05, 4.69) is 5.32 Å². The molecule has 0 saturated carbocycles. The van der Waals surface area contributed by atoms with E-state index < -0.39 is 12.8 Å². The van der Waals surface area contributed by atoms with E-state index in [1.165, 1.54) is 13.2 Å². The van der Waals surface area contributed by atoms with Gasteiger partial charge in [0.1, 0.15) is 0 Å². The maximum Gasteiger partial charge on any atom is 0.422 e. The van der Waals surface area contributed by atoms with Gasteiger partial charge in [0.2, 0.25) is 11.8 Å². The van der Waals surface area contributed by atoms with E-state index in [1.807, 2.05) is 13.8 Å². The molecule has 0 radical (unpaired) electrons. The van der Waals surface area contributed by atoms with Gasteiger partial charge in [-0.3, -0.25) is 9.59 Å². The summed E-state index contributed by atoms with van der Waals surface area (Å²) in [7, 11) is 1.35. The minimum atomic E-state index is -4.43. The summed E-state index contributed by atoms with van der Waals surface area (Å²) in [6.07, 6.45) is -2.44. The van der Waals surface area contributed by atoms with E-state index in [1.54, 1.807) is 17.0 Å². The number of nitrogens with one attached hydrogen (secondary N) is 1. The molecule has 1 fully saturated rings. The van der Waals surface area contributed by atoms with Gasteiger partial charge in [0, 0.05) is 31.5 Å². The van der Waals surface area contributed by atoms with Crippen LogP contribution in [0.4, 0.5) is 13.2 Å². The number of hydrogen-bond donors (Lipinski definition) is 1. The highest BCUT2D eigenvalue weighted by Gasteiger charge is 2.29. The number of ether oxygens (including phenoxy) is 2. The number of rotatable bonds is 8. The molecule has 6 nitrogen and oxygen atoms in total. The normalized spacial score (nSPS) is 15.2. The maximum absolute atomic E-state index is 12.5. The van der Waals surface area contributed by atoms with Crippen molar-refractivity contribution in [3.63, 3.8) is 0 Å². The highest BCUT2D eigenvalue weighted by molar-refractivity contribution is 5.80. The molecule has 0 atom stereocenters. The van der Waals surface area contributed by atoms with Gasteiger partial charge in [-0.1, -0.05) is 6.07 Å². The predicted octanol–water partition coefficient (Wildman–Crippen LogP) is 3.33. The highest BCUT2D eigenvalue weighted by Crippen LogP contribution is 2.30. The zero-order valence-electron chi connectivity index (χ0n) is 17.6. The first-order valence-corrected chi connectivity index (χ1v) is 10.0. The Bertz CT molecular complexity index is 729. The summed E-state index contributed by atoms with van der Waals surface area (Å²) < 4.78 is 46.9. The second-order valence-corrected chi connectivity index (χ2v) is 7.71. The van der Waals surface area contributed by atoms with Crippen LogP contribution in [0.15, 0.2) is 18.2 Å². The summed E-state index contributed by atoms with van der Waals surface area (Å²) in [5.74, 6) is 0.170. The topological polar surface area (TPSA) is 67.9 Å². The molecule has 0 aromatic heterocycles. The predicted molar refractivity (Wildman–Crippen MR) is 105 cm³/mol. The van der Waals surface area contributed by atoms with Gasteiger partial charge in [0.25, 0.3) is 0 Å². The number of halogens is 3. The number of alkyl halides is 3. The van der Waals surface area contributed by atoms with Gasteiger partial charge < -0.3 is 19.7 Å². The summed E-state index contributed by atoms with van der Waals surface area (Å²) in [6, 6.07) is 4.73. The Morgan fingerprint density at radius 1 is 1.20 bits per heavy atom. The van der Waals surface area contributed by atoms with Crippen LogP contribution in [0, 0.1) is 5.92 Å². The lowest BCUT2D eigenvalue weighted by Crippen LogP contribution is -2.44. The average molecular weight is 430 g/mol. The maximum atomic E-state index is 12.5. The molecule has 0 spiro atoms. The molecule has 2 rings (SSSR count). The Kier molecular flexibility index (Phi) is 8.37. The third-order valence-electron chi connectivity index (χ3n) is 4.90. The summed E-state index contributed by atoms with van der Waals surface area (Å²) in [6.45, 7) is 3.53. The Morgan fingerprint density at radius 2 is 1.87 bits per heavy atom. The molecule has 30 heavy (non-hydrogen) atoms. The summed E-state index contributed by atoms with van der Waals surface area (Å²) in [4.78, 5) is 26.4. The van der Waals surface area contributed by atoms with Crippen LogP contribution in [-0.2, 0) is 16.0 Å². The van der Waals surface area contributed by atoms with Crippen molar-refractivity contribution in [3.8, 4) is 11.5 Å². The van der Waals surface area contributed by atoms with Crippen molar-refractivity contribution in [1.29, 1.82) is 0 Å². The molecule has 1 heterocycles. The largest absolute Gasteiger partial charge is 0.493 e. The number of aryl methyl sites for hydroxylation is 1. The van der Waals surface area contributed by atoms with Crippen LogP contribution in [0.5, 0.6) is 11.5 Å². The fraction of sp³-hybridized carbons (Fsp3) is 0.619. The fourth-order valence-electron chi connectivity index (χ4n) is 3.35. The number of nitrogens with zero attached hydrogens (tertiary/aromatic N) is 1. The van der Waals surface area contributed by atoms with Crippen molar-refractivity contribution in [2.45, 2.75) is 51.7 Å². The lowest BCUT2D eigenvalue weighted by atomic mass is 9.95. The molecule has 1 aliphatic rings. The Balaban J connectivity index is 1.84. The third kappa shape index (κ3) is 7.42. The average Bonchev–Trinajstić information content (AvgIpc) is 2.69. The van der Waals surface area contributed by atoms with E-state index in [-0.39, 0.29) is 41.7 Å². The standard InChI is InChI=1S/C21H29F3N2O4/c1-14(2)25-20(28)16-8-10-26(11-9-16)19(27)7-5-15-4-6-17(18(12-15)29-3)30-13-21(22,23)24/h4,6,12,14,16H,5,7-11,13H2,1-3H3,(H,25,28). The van der Waals surface area contributed by atoms with Crippen molar-refractivity contribution in [3.05, 3.63) is 23.8 Å². The molecule has 168 valence electrons. The number of piperidine rings is 1. The zero-order valence-corrected chi connectivity index (χ0v) is 17.6. The van der Waals surface area contributed by atoms with Crippen LogP contribution < -0.4 is 14.8 Å². The van der Waals surface area contributed by atoms with E-state index in [0.717, 1.165) is 5.56 Å². The molecular formula is C21H29F3N2O4. The molecule has 1 aromatic carbocycles. The van der Waals surface area contributed by atoms with E-state index >= 15 is 0 Å². The molecule has 0 bridgehead atoms. The Labute approximate surface area is 174 Å².